The molecule has 0 aliphatic heterocycles. The van der Waals surface area contributed by atoms with E-state index in [0.29, 0.717) is 0 Å². The molecule has 0 fully saturated rings. The van der Waals surface area contributed by atoms with Gasteiger partial charge in [-0.25, -0.2) is 8.78 Å². The number of hydrogen-bond donors (Lipinski definition) is 0. The van der Waals surface area contributed by atoms with Gasteiger partial charge in [-0.15, -0.1) is 0 Å². The van der Waals surface area contributed by atoms with E-state index in [1.54, 1.807) is 13.1 Å². The Kier molecular flexibility index (Phi) is 2.31. The van der Waals surface area contributed by atoms with Gasteiger partial charge in [-0.05, 0) is 0 Å². The van der Waals surface area contributed by atoms with Crippen LogP contribution in [-0.2, 0) is 0 Å². The van der Waals surface area contributed by atoms with E-state index in [9.17, 15) is 8.78 Å². The predicted octanol–water partition coefficient (Wildman–Crippen LogP) is 1.55. The number of rotatable bonds is 1. The highest BCUT2D eigenvalue weighted by Crippen LogP contribution is 1.95. The van der Waals surface area contributed by atoms with Crippen LogP contribution >= 0.6 is 0 Å². The number of alkyl halides is 2. The van der Waals surface area contributed by atoms with Gasteiger partial charge in [-0.1, -0.05) is 13.1 Å². The summed E-state index contributed by atoms with van der Waals surface area (Å²) >= 11 is 0. The van der Waals surface area contributed by atoms with E-state index in [2.05, 4.69) is 0 Å². The van der Waals surface area contributed by atoms with Crippen molar-refractivity contribution in [3.63, 3.8) is 0 Å². The molecule has 37 valence electrons. The Morgan fingerprint density at radius 2 is 1.50 bits per heavy atom. The Hall–Kier alpha value is 0.0769. The molecule has 0 amide bonds. The summed E-state index contributed by atoms with van der Waals surface area (Å²) in [5.74, 6) is 0. The van der Waals surface area contributed by atoms with E-state index in [-0.39, 0.29) is 0 Å². The van der Waals surface area contributed by atoms with Crippen molar-refractivity contribution in [1.29, 1.82) is 0 Å². The van der Waals surface area contributed by atoms with Gasteiger partial charge in [-0.3, -0.25) is 0 Å². The summed E-state index contributed by atoms with van der Waals surface area (Å²) < 4.78 is 22.4. The molecule has 0 bridgehead atoms. The third kappa shape index (κ3) is 2.32. The lowest BCUT2D eigenvalue weighted by molar-refractivity contribution is 0.234. The monoisotopic (exact) mass is 109 g/mol. The molecule has 0 aliphatic rings. The molecule has 0 nitrogen and oxygen atoms in total. The van der Waals surface area contributed by atoms with Crippen LogP contribution in [0.4, 0.5) is 8.78 Å². The Bertz CT molecular complexity index is 29.8. The molecule has 0 spiro atoms. The highest BCUT2D eigenvalue weighted by atomic mass is 28.3. The maximum absolute atomic E-state index is 11.2. The van der Waals surface area contributed by atoms with Crippen molar-refractivity contribution < 1.29 is 8.78 Å². The molecule has 0 N–H and O–H groups in total. The van der Waals surface area contributed by atoms with Crippen LogP contribution in [0.25, 0.3) is 0 Å². The summed E-state index contributed by atoms with van der Waals surface area (Å²) in [4.78, 5) is 0. The van der Waals surface area contributed by atoms with Crippen molar-refractivity contribution in [2.45, 2.75) is 19.1 Å². The topological polar surface area (TPSA) is 0 Å². The third-order valence-electron chi connectivity index (χ3n) is 0.436. The van der Waals surface area contributed by atoms with Crippen LogP contribution in [0.2, 0.25) is 13.1 Å². The molecule has 3 heteroatoms. The molecule has 0 heterocycles. The van der Waals surface area contributed by atoms with Crippen LogP contribution in [0.5, 0.6) is 0 Å². The van der Waals surface area contributed by atoms with Crippen LogP contribution in [0, 0.1) is 0 Å². The zero-order chi connectivity index (χ0) is 5.15. The van der Waals surface area contributed by atoms with Crippen LogP contribution in [0.1, 0.15) is 0 Å². The smallest absolute Gasteiger partial charge is 0.216 e. The third-order valence-corrected chi connectivity index (χ3v) is 1.31. The van der Waals surface area contributed by atoms with Crippen molar-refractivity contribution in [3.05, 3.63) is 0 Å². The second-order valence-electron chi connectivity index (χ2n) is 1.38. The van der Waals surface area contributed by atoms with E-state index in [4.69, 9.17) is 0 Å². The maximum atomic E-state index is 11.2. The molecule has 0 saturated carbocycles. The van der Waals surface area contributed by atoms with E-state index >= 15 is 0 Å². The first kappa shape index (κ1) is 6.08. The fourth-order valence-electron chi connectivity index (χ4n) is 0. The second kappa shape index (κ2) is 2.29. The zero-order valence-electron chi connectivity index (χ0n) is 3.83. The standard InChI is InChI=1S/C3H7F2Si/c1-6(2)3(4)5/h3H,1-2H3. The second-order valence-corrected chi connectivity index (χ2v) is 3.97. The normalized spacial score (nSPS) is 11.0. The summed E-state index contributed by atoms with van der Waals surface area (Å²) in [6.07, 6.45) is 0. The molecule has 1 radical (unpaired) electrons. The average molecular weight is 109 g/mol. The van der Waals surface area contributed by atoms with Gasteiger partial charge in [-0.2, -0.15) is 0 Å². The summed E-state index contributed by atoms with van der Waals surface area (Å²) in [6.45, 7) is 3.19. The largest absolute Gasteiger partial charge is 0.218 e. The molecule has 0 aliphatic carbocycles. The maximum Gasteiger partial charge on any atom is 0.218 e. The summed E-state index contributed by atoms with van der Waals surface area (Å²) in [5.41, 5.74) is 0. The van der Waals surface area contributed by atoms with Gasteiger partial charge in [0.2, 0.25) is 6.05 Å². The molecule has 6 heavy (non-hydrogen) atoms. The molecule has 0 aromatic heterocycles. The highest BCUT2D eigenvalue weighted by molar-refractivity contribution is 6.56. The zero-order valence-corrected chi connectivity index (χ0v) is 4.83. The minimum Gasteiger partial charge on any atom is -0.216 e. The van der Waals surface area contributed by atoms with Gasteiger partial charge in [0.1, 0.15) is 8.80 Å². The van der Waals surface area contributed by atoms with E-state index in [1.807, 2.05) is 0 Å². The Morgan fingerprint density at radius 3 is 1.50 bits per heavy atom. The van der Waals surface area contributed by atoms with Crippen LogP contribution in [-0.4, -0.2) is 14.8 Å². The first-order chi connectivity index (χ1) is 2.64. The Labute approximate surface area is 37.8 Å². The van der Waals surface area contributed by atoms with Gasteiger partial charge in [0.05, 0.1) is 0 Å². The molecule has 0 rings (SSSR count). The van der Waals surface area contributed by atoms with Gasteiger partial charge in [0.15, 0.2) is 0 Å². The number of halogens is 2. The lowest BCUT2D eigenvalue weighted by atomic mass is 11.6. The molecule has 0 aromatic carbocycles. The first-order valence-corrected chi connectivity index (χ1v) is 4.30. The van der Waals surface area contributed by atoms with Gasteiger partial charge < -0.3 is 0 Å². The van der Waals surface area contributed by atoms with Crippen LogP contribution in [0.3, 0.4) is 0 Å². The molecular weight excluding hydrogens is 102 g/mol. The molecule has 0 aromatic rings. The van der Waals surface area contributed by atoms with Crippen molar-refractivity contribution in [2.75, 3.05) is 0 Å². The molecule has 0 atom stereocenters. The van der Waals surface area contributed by atoms with Crippen molar-refractivity contribution in [3.8, 4) is 0 Å². The summed E-state index contributed by atoms with van der Waals surface area (Å²) in [6, 6.07) is -2.05. The van der Waals surface area contributed by atoms with Crippen molar-refractivity contribution in [2.24, 2.45) is 0 Å². The highest BCUT2D eigenvalue weighted by Gasteiger charge is 2.08. The van der Waals surface area contributed by atoms with Crippen molar-refractivity contribution >= 4 is 8.80 Å². The minimum absolute atomic E-state index is 1.28. The quantitative estimate of drug-likeness (QED) is 0.448. The first-order valence-electron chi connectivity index (χ1n) is 1.73. The Balaban J connectivity index is 2.99. The molecule has 0 saturated heterocycles. The number of hydrogen-bond acceptors (Lipinski definition) is 0. The van der Waals surface area contributed by atoms with Crippen LogP contribution in [0.15, 0.2) is 0 Å². The van der Waals surface area contributed by atoms with E-state index in [1.165, 1.54) is 0 Å². The van der Waals surface area contributed by atoms with E-state index < -0.39 is 14.8 Å². The van der Waals surface area contributed by atoms with E-state index in [0.717, 1.165) is 0 Å². The van der Waals surface area contributed by atoms with Crippen molar-refractivity contribution in [1.82, 2.24) is 0 Å². The fraction of sp³-hybridized carbons (Fsp3) is 1.00. The van der Waals surface area contributed by atoms with Crippen LogP contribution < -0.4 is 0 Å². The lowest BCUT2D eigenvalue weighted by Gasteiger charge is -1.94. The average Bonchev–Trinajstić information content (AvgIpc) is 1.36. The predicted molar refractivity (Wildman–Crippen MR) is 23.5 cm³/mol. The fourth-order valence-corrected chi connectivity index (χ4v) is 0. The van der Waals surface area contributed by atoms with Gasteiger partial charge in [0.25, 0.3) is 0 Å². The SMILES string of the molecule is C[Si](C)C(F)F. The summed E-state index contributed by atoms with van der Waals surface area (Å²) in [7, 11) is -1.28. The lowest BCUT2D eigenvalue weighted by Crippen LogP contribution is -2.12. The minimum atomic E-state index is -2.05. The van der Waals surface area contributed by atoms with Gasteiger partial charge in [0, 0.05) is 0 Å². The van der Waals surface area contributed by atoms with Gasteiger partial charge >= 0.3 is 0 Å². The summed E-state index contributed by atoms with van der Waals surface area (Å²) in [5, 5.41) is 0. The molecule has 0 unspecified atom stereocenters. The Morgan fingerprint density at radius 1 is 1.33 bits per heavy atom. The molecular formula is C3H7F2Si.